The van der Waals surface area contributed by atoms with E-state index in [2.05, 4.69) is 13.8 Å². The molecule has 1 aliphatic heterocycles. The normalized spacial score (nSPS) is 19.7. The van der Waals surface area contributed by atoms with Crippen LogP contribution in [0.1, 0.15) is 44.2 Å². The second kappa shape index (κ2) is 5.78. The molecule has 0 amide bonds. The van der Waals surface area contributed by atoms with Crippen molar-refractivity contribution < 1.29 is 8.42 Å². The van der Waals surface area contributed by atoms with E-state index in [0.29, 0.717) is 29.1 Å². The molecule has 0 aromatic heterocycles. The van der Waals surface area contributed by atoms with Crippen LogP contribution in [0.25, 0.3) is 0 Å². The highest BCUT2D eigenvalue weighted by atomic mass is 32.2. The Labute approximate surface area is 127 Å². The molecule has 0 bridgehead atoms. The number of sulfonamides is 1. The summed E-state index contributed by atoms with van der Waals surface area (Å²) >= 11 is 0. The summed E-state index contributed by atoms with van der Waals surface area (Å²) in [6.45, 7) is 7.27. The molecule has 114 valence electrons. The number of rotatable bonds is 2. The van der Waals surface area contributed by atoms with Crippen LogP contribution in [0.2, 0.25) is 0 Å². The number of aryl methyl sites for hydroxylation is 1. The molecule has 0 saturated carbocycles. The van der Waals surface area contributed by atoms with Crippen molar-refractivity contribution in [2.45, 2.75) is 44.9 Å². The van der Waals surface area contributed by atoms with Gasteiger partial charge in [-0.25, -0.2) is 8.42 Å². The molecule has 21 heavy (non-hydrogen) atoms. The highest BCUT2D eigenvalue weighted by Crippen LogP contribution is 2.32. The molecule has 0 radical (unpaired) electrons. The number of nitrogens with zero attached hydrogens (tertiary/aromatic N) is 2. The maximum Gasteiger partial charge on any atom is 0.243 e. The van der Waals surface area contributed by atoms with Gasteiger partial charge < -0.3 is 0 Å². The maximum absolute atomic E-state index is 12.8. The summed E-state index contributed by atoms with van der Waals surface area (Å²) in [4.78, 5) is 0.321. The standard InChI is InChI=1S/C16H22N2O2S/c1-13-11-14(12-17)5-6-15(13)21(19,20)18-9-4-7-16(2,3)8-10-18/h5-6,11H,4,7-10H2,1-3H3. The molecule has 4 nitrogen and oxygen atoms in total. The van der Waals surface area contributed by atoms with Gasteiger partial charge in [0.15, 0.2) is 0 Å². The lowest BCUT2D eigenvalue weighted by molar-refractivity contribution is 0.315. The minimum Gasteiger partial charge on any atom is -0.207 e. The molecule has 0 unspecified atom stereocenters. The lowest BCUT2D eigenvalue weighted by atomic mass is 9.85. The number of hydrogen-bond donors (Lipinski definition) is 0. The third-order valence-electron chi connectivity index (χ3n) is 4.22. The fourth-order valence-corrected chi connectivity index (χ4v) is 4.47. The van der Waals surface area contributed by atoms with E-state index < -0.39 is 10.0 Å². The molecule has 2 rings (SSSR count). The Morgan fingerprint density at radius 2 is 1.95 bits per heavy atom. The Bertz CT molecular complexity index is 672. The van der Waals surface area contributed by atoms with Crippen molar-refractivity contribution in [3.63, 3.8) is 0 Å². The molecule has 0 atom stereocenters. The number of nitriles is 1. The predicted octanol–water partition coefficient (Wildman–Crippen LogP) is 3.07. The van der Waals surface area contributed by atoms with Gasteiger partial charge in [0.2, 0.25) is 10.0 Å². The zero-order valence-electron chi connectivity index (χ0n) is 12.9. The Balaban J connectivity index is 2.32. The molecular formula is C16H22N2O2S. The van der Waals surface area contributed by atoms with E-state index in [1.165, 1.54) is 0 Å². The Morgan fingerprint density at radius 3 is 2.57 bits per heavy atom. The highest BCUT2D eigenvalue weighted by Gasteiger charge is 2.31. The fraction of sp³-hybridized carbons (Fsp3) is 0.562. The second-order valence-electron chi connectivity index (χ2n) is 6.51. The minimum absolute atomic E-state index is 0.198. The van der Waals surface area contributed by atoms with E-state index in [1.54, 1.807) is 29.4 Å². The summed E-state index contributed by atoms with van der Waals surface area (Å²) in [7, 11) is -3.47. The first-order chi connectivity index (χ1) is 9.76. The molecule has 1 aromatic rings. The van der Waals surface area contributed by atoms with E-state index in [1.807, 2.05) is 6.07 Å². The fourth-order valence-electron chi connectivity index (χ4n) is 2.79. The minimum atomic E-state index is -3.47. The Hall–Kier alpha value is -1.38. The van der Waals surface area contributed by atoms with Gasteiger partial charge in [-0.2, -0.15) is 9.57 Å². The van der Waals surface area contributed by atoms with Crippen molar-refractivity contribution in [3.05, 3.63) is 29.3 Å². The Morgan fingerprint density at radius 1 is 1.24 bits per heavy atom. The topological polar surface area (TPSA) is 61.2 Å². The highest BCUT2D eigenvalue weighted by molar-refractivity contribution is 7.89. The van der Waals surface area contributed by atoms with E-state index in [0.717, 1.165) is 19.3 Å². The second-order valence-corrected chi connectivity index (χ2v) is 8.42. The van der Waals surface area contributed by atoms with Gasteiger partial charge in [-0.3, -0.25) is 0 Å². The van der Waals surface area contributed by atoms with Crippen molar-refractivity contribution in [2.75, 3.05) is 13.1 Å². The van der Waals surface area contributed by atoms with Crippen LogP contribution >= 0.6 is 0 Å². The molecule has 0 aliphatic carbocycles. The van der Waals surface area contributed by atoms with Gasteiger partial charge in [-0.1, -0.05) is 13.8 Å². The van der Waals surface area contributed by atoms with E-state index in [-0.39, 0.29) is 5.41 Å². The number of hydrogen-bond acceptors (Lipinski definition) is 3. The first kappa shape index (κ1) is 16.0. The maximum atomic E-state index is 12.8. The molecule has 1 saturated heterocycles. The molecule has 1 aliphatic rings. The van der Waals surface area contributed by atoms with Gasteiger partial charge in [-0.05, 0) is 55.4 Å². The molecule has 1 heterocycles. The predicted molar refractivity (Wildman–Crippen MR) is 82.3 cm³/mol. The van der Waals surface area contributed by atoms with Crippen molar-refractivity contribution >= 4 is 10.0 Å². The monoisotopic (exact) mass is 306 g/mol. The first-order valence-corrected chi connectivity index (χ1v) is 8.71. The molecule has 5 heteroatoms. The van der Waals surface area contributed by atoms with Crippen molar-refractivity contribution in [2.24, 2.45) is 5.41 Å². The summed E-state index contributed by atoms with van der Waals surface area (Å²) in [6.07, 6.45) is 2.81. The lowest BCUT2D eigenvalue weighted by Gasteiger charge is -2.23. The Kier molecular flexibility index (Phi) is 4.40. The molecule has 0 N–H and O–H groups in total. The van der Waals surface area contributed by atoms with Crippen LogP contribution < -0.4 is 0 Å². The van der Waals surface area contributed by atoms with Gasteiger partial charge in [-0.15, -0.1) is 0 Å². The summed E-state index contributed by atoms with van der Waals surface area (Å²) in [5, 5.41) is 8.89. The van der Waals surface area contributed by atoms with Crippen molar-refractivity contribution in [3.8, 4) is 6.07 Å². The first-order valence-electron chi connectivity index (χ1n) is 7.27. The summed E-state index contributed by atoms with van der Waals surface area (Å²) in [5.74, 6) is 0. The summed E-state index contributed by atoms with van der Waals surface area (Å²) in [5.41, 5.74) is 1.32. The van der Waals surface area contributed by atoms with Gasteiger partial charge >= 0.3 is 0 Å². The van der Waals surface area contributed by atoms with Crippen LogP contribution in [0.5, 0.6) is 0 Å². The van der Waals surface area contributed by atoms with Crippen LogP contribution in [-0.4, -0.2) is 25.8 Å². The molecule has 1 fully saturated rings. The lowest BCUT2D eigenvalue weighted by Crippen LogP contribution is -2.32. The average Bonchev–Trinajstić information content (AvgIpc) is 2.59. The van der Waals surface area contributed by atoms with Crippen LogP contribution in [0.4, 0.5) is 0 Å². The quantitative estimate of drug-likeness (QED) is 0.843. The van der Waals surface area contributed by atoms with E-state index >= 15 is 0 Å². The van der Waals surface area contributed by atoms with Crippen LogP contribution in [0.3, 0.4) is 0 Å². The van der Waals surface area contributed by atoms with E-state index in [4.69, 9.17) is 5.26 Å². The molecule has 1 aromatic carbocycles. The van der Waals surface area contributed by atoms with Gasteiger partial charge in [0.05, 0.1) is 16.5 Å². The SMILES string of the molecule is Cc1cc(C#N)ccc1S(=O)(=O)N1CCCC(C)(C)CC1. The van der Waals surface area contributed by atoms with Crippen molar-refractivity contribution in [1.29, 1.82) is 5.26 Å². The van der Waals surface area contributed by atoms with Crippen LogP contribution in [0.15, 0.2) is 23.1 Å². The molecular weight excluding hydrogens is 284 g/mol. The van der Waals surface area contributed by atoms with Crippen molar-refractivity contribution in [1.82, 2.24) is 4.31 Å². The average molecular weight is 306 g/mol. The summed E-state index contributed by atoms with van der Waals surface area (Å²) < 4.78 is 27.2. The third-order valence-corrected chi connectivity index (χ3v) is 6.28. The molecule has 0 spiro atoms. The van der Waals surface area contributed by atoms with E-state index in [9.17, 15) is 8.42 Å². The van der Waals surface area contributed by atoms with Gasteiger partial charge in [0.25, 0.3) is 0 Å². The zero-order valence-corrected chi connectivity index (χ0v) is 13.7. The van der Waals surface area contributed by atoms with Gasteiger partial charge in [0, 0.05) is 13.1 Å². The number of benzene rings is 1. The third kappa shape index (κ3) is 3.45. The smallest absolute Gasteiger partial charge is 0.207 e. The van der Waals surface area contributed by atoms with Crippen LogP contribution in [0, 0.1) is 23.7 Å². The zero-order chi connectivity index (χ0) is 15.7. The largest absolute Gasteiger partial charge is 0.243 e. The van der Waals surface area contributed by atoms with Crippen LogP contribution in [-0.2, 0) is 10.0 Å². The summed E-state index contributed by atoms with van der Waals surface area (Å²) in [6, 6.07) is 6.80. The van der Waals surface area contributed by atoms with Gasteiger partial charge in [0.1, 0.15) is 0 Å².